The zero-order chi connectivity index (χ0) is 19.6. The molecule has 1 aliphatic heterocycles. The molecule has 1 unspecified atom stereocenters. The van der Waals surface area contributed by atoms with Crippen molar-refractivity contribution in [3.8, 4) is 5.75 Å². The van der Waals surface area contributed by atoms with E-state index in [1.807, 2.05) is 54.6 Å². The lowest BCUT2D eigenvalue weighted by atomic mass is 10.2. The van der Waals surface area contributed by atoms with Gasteiger partial charge in [-0.25, -0.2) is 5.43 Å². The summed E-state index contributed by atoms with van der Waals surface area (Å²) < 4.78 is 11.1. The number of nitrogens with one attached hydrogen (secondary N) is 2. The lowest BCUT2D eigenvalue weighted by molar-refractivity contribution is -0.139. The molecular weight excluding hydrogens is 358 g/mol. The highest BCUT2D eigenvalue weighted by Crippen LogP contribution is 2.13. The fourth-order valence-electron chi connectivity index (χ4n) is 2.70. The van der Waals surface area contributed by atoms with Crippen molar-refractivity contribution in [1.29, 1.82) is 0 Å². The molecule has 28 heavy (non-hydrogen) atoms. The predicted octanol–water partition coefficient (Wildman–Crippen LogP) is 2.01. The Balaban J connectivity index is 1.39. The van der Waals surface area contributed by atoms with E-state index in [-0.39, 0.29) is 6.10 Å². The second-order valence-corrected chi connectivity index (χ2v) is 6.39. The Bertz CT molecular complexity index is 800. The van der Waals surface area contributed by atoms with Crippen LogP contribution in [-0.4, -0.2) is 37.3 Å². The predicted molar refractivity (Wildman–Crippen MR) is 105 cm³/mol. The number of carbonyl (C=O) groups excluding carboxylic acids is 2. The first kappa shape index (κ1) is 19.6. The van der Waals surface area contributed by atoms with Crippen molar-refractivity contribution >= 4 is 18.0 Å². The van der Waals surface area contributed by atoms with Gasteiger partial charge in [0.05, 0.1) is 12.3 Å². The van der Waals surface area contributed by atoms with Crippen LogP contribution >= 0.6 is 0 Å². The van der Waals surface area contributed by atoms with Gasteiger partial charge in [-0.2, -0.15) is 5.10 Å². The van der Waals surface area contributed by atoms with E-state index in [4.69, 9.17) is 9.47 Å². The summed E-state index contributed by atoms with van der Waals surface area (Å²) in [5.74, 6) is -0.798. The van der Waals surface area contributed by atoms with Crippen molar-refractivity contribution in [2.24, 2.45) is 5.10 Å². The molecule has 3 rings (SSSR count). The Hall–Kier alpha value is -3.19. The fourth-order valence-corrected chi connectivity index (χ4v) is 2.70. The third kappa shape index (κ3) is 6.21. The standard InChI is InChI=1S/C21H23N3O4/c25-20(22-14-19-7-4-12-27-19)21(26)24-23-13-16-8-10-18(11-9-16)28-15-17-5-2-1-3-6-17/h1-3,5-6,8-11,13,19H,4,7,12,14-15H2,(H,22,25)(H,24,26). The number of ether oxygens (including phenoxy) is 2. The van der Waals surface area contributed by atoms with Gasteiger partial charge >= 0.3 is 11.8 Å². The van der Waals surface area contributed by atoms with E-state index in [0.29, 0.717) is 19.8 Å². The zero-order valence-corrected chi connectivity index (χ0v) is 15.5. The number of hydrogen-bond donors (Lipinski definition) is 2. The van der Waals surface area contributed by atoms with Gasteiger partial charge < -0.3 is 14.8 Å². The van der Waals surface area contributed by atoms with Crippen LogP contribution in [0, 0.1) is 0 Å². The lowest BCUT2D eigenvalue weighted by Crippen LogP contribution is -2.41. The third-order valence-corrected chi connectivity index (χ3v) is 4.23. The number of nitrogens with zero attached hydrogens (tertiary/aromatic N) is 1. The molecule has 2 aromatic carbocycles. The van der Waals surface area contributed by atoms with E-state index in [1.165, 1.54) is 6.21 Å². The number of rotatable bonds is 7. The van der Waals surface area contributed by atoms with Gasteiger partial charge in [-0.3, -0.25) is 9.59 Å². The second kappa shape index (κ2) is 10.2. The van der Waals surface area contributed by atoms with Crippen molar-refractivity contribution < 1.29 is 19.1 Å². The van der Waals surface area contributed by atoms with Crippen LogP contribution in [-0.2, 0) is 20.9 Å². The highest BCUT2D eigenvalue weighted by molar-refractivity contribution is 6.35. The monoisotopic (exact) mass is 381 g/mol. The molecule has 0 spiro atoms. The molecule has 2 aromatic rings. The molecule has 0 bridgehead atoms. The van der Waals surface area contributed by atoms with Crippen LogP contribution in [0.15, 0.2) is 59.7 Å². The van der Waals surface area contributed by atoms with Gasteiger partial charge in [0.25, 0.3) is 0 Å². The van der Waals surface area contributed by atoms with Gasteiger partial charge in [0.2, 0.25) is 0 Å². The summed E-state index contributed by atoms with van der Waals surface area (Å²) in [4.78, 5) is 23.4. The maximum Gasteiger partial charge on any atom is 0.329 e. The van der Waals surface area contributed by atoms with Crippen LogP contribution in [0.5, 0.6) is 5.75 Å². The highest BCUT2D eigenvalue weighted by atomic mass is 16.5. The number of hydrogen-bond acceptors (Lipinski definition) is 5. The van der Waals surface area contributed by atoms with Crippen LogP contribution in [0.25, 0.3) is 0 Å². The first-order valence-corrected chi connectivity index (χ1v) is 9.20. The second-order valence-electron chi connectivity index (χ2n) is 6.39. The molecule has 1 heterocycles. The third-order valence-electron chi connectivity index (χ3n) is 4.23. The summed E-state index contributed by atoms with van der Waals surface area (Å²) in [6.07, 6.45) is 3.33. The summed E-state index contributed by atoms with van der Waals surface area (Å²) in [5.41, 5.74) is 4.08. The van der Waals surface area contributed by atoms with Crippen molar-refractivity contribution in [2.45, 2.75) is 25.6 Å². The Labute approximate surface area is 163 Å². The van der Waals surface area contributed by atoms with Crippen molar-refractivity contribution in [1.82, 2.24) is 10.7 Å². The largest absolute Gasteiger partial charge is 0.489 e. The highest BCUT2D eigenvalue weighted by Gasteiger charge is 2.18. The molecule has 0 saturated carbocycles. The van der Waals surface area contributed by atoms with E-state index in [2.05, 4.69) is 15.8 Å². The minimum Gasteiger partial charge on any atom is -0.489 e. The minimum absolute atomic E-state index is 0.0112. The molecule has 1 atom stereocenters. The average Bonchev–Trinajstić information content (AvgIpc) is 3.26. The summed E-state index contributed by atoms with van der Waals surface area (Å²) >= 11 is 0. The topological polar surface area (TPSA) is 89.0 Å². The van der Waals surface area contributed by atoms with Gasteiger partial charge in [-0.05, 0) is 48.2 Å². The van der Waals surface area contributed by atoms with E-state index in [1.54, 1.807) is 0 Å². The van der Waals surface area contributed by atoms with Crippen LogP contribution in [0.2, 0.25) is 0 Å². The SMILES string of the molecule is O=C(NCC1CCCO1)C(=O)NN=Cc1ccc(OCc2ccccc2)cc1. The van der Waals surface area contributed by atoms with Gasteiger partial charge in [-0.1, -0.05) is 30.3 Å². The molecule has 7 nitrogen and oxygen atoms in total. The molecule has 146 valence electrons. The van der Waals surface area contributed by atoms with Crippen LogP contribution in [0.1, 0.15) is 24.0 Å². The van der Waals surface area contributed by atoms with Crippen molar-refractivity contribution in [3.63, 3.8) is 0 Å². The van der Waals surface area contributed by atoms with Gasteiger partial charge in [0.15, 0.2) is 0 Å². The Morgan fingerprint density at radius 3 is 2.61 bits per heavy atom. The van der Waals surface area contributed by atoms with Crippen LogP contribution < -0.4 is 15.5 Å². The number of hydrazone groups is 1. The van der Waals surface area contributed by atoms with Gasteiger partial charge in [0, 0.05) is 13.2 Å². The molecule has 1 fully saturated rings. The first-order valence-electron chi connectivity index (χ1n) is 9.20. The van der Waals surface area contributed by atoms with Crippen molar-refractivity contribution in [2.75, 3.05) is 13.2 Å². The molecular formula is C21H23N3O4. The lowest BCUT2D eigenvalue weighted by Gasteiger charge is -2.09. The average molecular weight is 381 g/mol. The molecule has 2 N–H and O–H groups in total. The molecule has 2 amide bonds. The molecule has 0 radical (unpaired) electrons. The van der Waals surface area contributed by atoms with Crippen LogP contribution in [0.4, 0.5) is 0 Å². The quantitative estimate of drug-likeness (QED) is 0.436. The Morgan fingerprint density at radius 1 is 1.11 bits per heavy atom. The summed E-state index contributed by atoms with van der Waals surface area (Å²) in [6.45, 7) is 1.53. The molecule has 1 saturated heterocycles. The molecule has 7 heteroatoms. The Morgan fingerprint density at radius 2 is 1.89 bits per heavy atom. The number of benzene rings is 2. The number of amides is 2. The van der Waals surface area contributed by atoms with E-state index in [9.17, 15) is 9.59 Å². The Kier molecular flexibility index (Phi) is 7.14. The van der Waals surface area contributed by atoms with Crippen LogP contribution in [0.3, 0.4) is 0 Å². The van der Waals surface area contributed by atoms with E-state index < -0.39 is 11.8 Å². The summed E-state index contributed by atoms with van der Waals surface area (Å²) in [7, 11) is 0. The van der Waals surface area contributed by atoms with Crippen molar-refractivity contribution in [3.05, 3.63) is 65.7 Å². The van der Waals surface area contributed by atoms with Gasteiger partial charge in [0.1, 0.15) is 12.4 Å². The number of carbonyl (C=O) groups is 2. The fraction of sp³-hybridized carbons (Fsp3) is 0.286. The zero-order valence-electron chi connectivity index (χ0n) is 15.5. The molecule has 0 aliphatic carbocycles. The first-order chi connectivity index (χ1) is 13.7. The summed E-state index contributed by atoms with van der Waals surface area (Å²) in [6, 6.07) is 17.2. The summed E-state index contributed by atoms with van der Waals surface area (Å²) in [5, 5.41) is 6.35. The normalized spacial score (nSPS) is 16.1. The smallest absolute Gasteiger partial charge is 0.329 e. The van der Waals surface area contributed by atoms with E-state index in [0.717, 1.165) is 29.7 Å². The molecule has 1 aliphatic rings. The minimum atomic E-state index is -0.808. The maximum absolute atomic E-state index is 11.7. The van der Waals surface area contributed by atoms with Gasteiger partial charge in [-0.15, -0.1) is 0 Å². The van der Waals surface area contributed by atoms with E-state index >= 15 is 0 Å². The maximum atomic E-state index is 11.7. The molecule has 0 aromatic heterocycles.